The SMILES string of the molecule is CCC(C)C(C)(O)CNC(=O)NCCc1csc(C)n1. The number of thiazole rings is 1. The zero-order valence-corrected chi connectivity index (χ0v) is 13.5. The molecule has 5 nitrogen and oxygen atoms in total. The fourth-order valence-electron chi connectivity index (χ4n) is 1.76. The Kier molecular flexibility index (Phi) is 6.42. The lowest BCUT2D eigenvalue weighted by Crippen LogP contribution is -2.48. The van der Waals surface area contributed by atoms with E-state index < -0.39 is 5.60 Å². The van der Waals surface area contributed by atoms with Gasteiger partial charge in [-0.1, -0.05) is 20.3 Å². The summed E-state index contributed by atoms with van der Waals surface area (Å²) in [5.41, 5.74) is 0.123. The van der Waals surface area contributed by atoms with Crippen LogP contribution in [0.25, 0.3) is 0 Å². The van der Waals surface area contributed by atoms with Crippen molar-refractivity contribution in [2.24, 2.45) is 5.92 Å². The molecule has 2 unspecified atom stereocenters. The molecule has 20 heavy (non-hydrogen) atoms. The minimum absolute atomic E-state index is 0.140. The number of hydrogen-bond donors (Lipinski definition) is 3. The molecule has 0 aliphatic heterocycles. The summed E-state index contributed by atoms with van der Waals surface area (Å²) < 4.78 is 0. The van der Waals surface area contributed by atoms with Gasteiger partial charge in [0.05, 0.1) is 16.3 Å². The molecule has 0 saturated heterocycles. The Hall–Kier alpha value is -1.14. The van der Waals surface area contributed by atoms with Crippen molar-refractivity contribution in [1.82, 2.24) is 15.6 Å². The van der Waals surface area contributed by atoms with Gasteiger partial charge < -0.3 is 15.7 Å². The van der Waals surface area contributed by atoms with Crippen LogP contribution in [0.1, 0.15) is 37.9 Å². The van der Waals surface area contributed by atoms with Gasteiger partial charge in [0.1, 0.15) is 0 Å². The van der Waals surface area contributed by atoms with Gasteiger partial charge in [0.15, 0.2) is 0 Å². The first kappa shape index (κ1) is 16.9. The quantitative estimate of drug-likeness (QED) is 0.722. The predicted octanol–water partition coefficient (Wildman–Crippen LogP) is 2.09. The lowest BCUT2D eigenvalue weighted by molar-refractivity contribution is 0.00791. The number of carbonyl (C=O) groups is 1. The van der Waals surface area contributed by atoms with Crippen LogP contribution in [-0.4, -0.2) is 34.8 Å². The fourth-order valence-corrected chi connectivity index (χ4v) is 2.41. The maximum absolute atomic E-state index is 11.6. The summed E-state index contributed by atoms with van der Waals surface area (Å²) in [6, 6.07) is -0.250. The third-order valence-corrected chi connectivity index (χ3v) is 4.44. The van der Waals surface area contributed by atoms with E-state index in [0.29, 0.717) is 6.54 Å². The highest BCUT2D eigenvalue weighted by molar-refractivity contribution is 7.09. The van der Waals surface area contributed by atoms with E-state index in [4.69, 9.17) is 0 Å². The standard InChI is InChI=1S/C14H25N3O2S/c1-5-10(2)14(4,19)9-16-13(18)15-7-6-12-8-20-11(3)17-12/h8,10,19H,5-7,9H2,1-4H3,(H2,15,16,18). The Morgan fingerprint density at radius 2 is 2.25 bits per heavy atom. The van der Waals surface area contributed by atoms with Crippen LogP contribution in [-0.2, 0) is 6.42 Å². The summed E-state index contributed by atoms with van der Waals surface area (Å²) in [5.74, 6) is 0.140. The first-order valence-electron chi connectivity index (χ1n) is 7.00. The van der Waals surface area contributed by atoms with E-state index in [0.717, 1.165) is 23.5 Å². The molecule has 1 aromatic rings. The van der Waals surface area contributed by atoms with Crippen LogP contribution >= 0.6 is 11.3 Å². The lowest BCUT2D eigenvalue weighted by atomic mass is 9.89. The normalized spacial score (nSPS) is 15.4. The minimum atomic E-state index is -0.877. The van der Waals surface area contributed by atoms with E-state index in [1.54, 1.807) is 18.3 Å². The summed E-state index contributed by atoms with van der Waals surface area (Å²) >= 11 is 1.61. The Bertz CT molecular complexity index is 432. The maximum atomic E-state index is 11.6. The average molecular weight is 299 g/mol. The van der Waals surface area contributed by atoms with E-state index >= 15 is 0 Å². The molecule has 1 rings (SSSR count). The van der Waals surface area contributed by atoms with Crippen molar-refractivity contribution in [3.05, 3.63) is 16.1 Å². The topological polar surface area (TPSA) is 74.2 Å². The maximum Gasteiger partial charge on any atom is 0.314 e. The number of aliphatic hydroxyl groups is 1. The minimum Gasteiger partial charge on any atom is -0.388 e. The number of carbonyl (C=O) groups excluding carboxylic acids is 1. The van der Waals surface area contributed by atoms with Crippen molar-refractivity contribution in [2.75, 3.05) is 13.1 Å². The number of urea groups is 1. The van der Waals surface area contributed by atoms with E-state index in [1.165, 1.54) is 0 Å². The van der Waals surface area contributed by atoms with Gasteiger partial charge in [0, 0.05) is 24.9 Å². The van der Waals surface area contributed by atoms with Gasteiger partial charge in [-0.05, 0) is 19.8 Å². The second-order valence-electron chi connectivity index (χ2n) is 5.38. The van der Waals surface area contributed by atoms with E-state index in [2.05, 4.69) is 15.6 Å². The zero-order chi connectivity index (χ0) is 15.2. The first-order valence-corrected chi connectivity index (χ1v) is 7.88. The van der Waals surface area contributed by atoms with Crippen LogP contribution < -0.4 is 10.6 Å². The van der Waals surface area contributed by atoms with Gasteiger partial charge in [0.2, 0.25) is 0 Å². The number of aromatic nitrogens is 1. The molecular formula is C14H25N3O2S. The Labute approximate surface area is 124 Å². The molecule has 0 spiro atoms. The van der Waals surface area contributed by atoms with Crippen LogP contribution in [0.5, 0.6) is 0 Å². The number of amides is 2. The molecule has 3 N–H and O–H groups in total. The molecule has 0 aromatic carbocycles. The van der Waals surface area contributed by atoms with Crippen molar-refractivity contribution in [2.45, 2.75) is 46.1 Å². The van der Waals surface area contributed by atoms with Crippen molar-refractivity contribution in [1.29, 1.82) is 0 Å². The Balaban J connectivity index is 2.23. The molecule has 2 amide bonds. The van der Waals surface area contributed by atoms with Crippen molar-refractivity contribution >= 4 is 17.4 Å². The second-order valence-corrected chi connectivity index (χ2v) is 6.45. The summed E-state index contributed by atoms with van der Waals surface area (Å²) in [6.45, 7) is 8.51. The van der Waals surface area contributed by atoms with Gasteiger partial charge in [-0.15, -0.1) is 11.3 Å². The van der Waals surface area contributed by atoms with Crippen LogP contribution in [0.3, 0.4) is 0 Å². The third-order valence-electron chi connectivity index (χ3n) is 3.61. The van der Waals surface area contributed by atoms with Crippen LogP contribution in [0, 0.1) is 12.8 Å². The molecular weight excluding hydrogens is 274 g/mol. The van der Waals surface area contributed by atoms with E-state index in [9.17, 15) is 9.90 Å². The third kappa shape index (κ3) is 5.46. The van der Waals surface area contributed by atoms with Gasteiger partial charge in [-0.3, -0.25) is 0 Å². The Morgan fingerprint density at radius 1 is 1.55 bits per heavy atom. The van der Waals surface area contributed by atoms with Crippen LogP contribution in [0.4, 0.5) is 4.79 Å². The lowest BCUT2D eigenvalue weighted by Gasteiger charge is -2.29. The second kappa shape index (κ2) is 7.59. The fraction of sp³-hybridized carbons (Fsp3) is 0.714. The van der Waals surface area contributed by atoms with E-state index in [1.807, 2.05) is 26.2 Å². The average Bonchev–Trinajstić information content (AvgIpc) is 2.81. The highest BCUT2D eigenvalue weighted by Crippen LogP contribution is 2.18. The number of rotatable bonds is 7. The molecule has 1 aromatic heterocycles. The molecule has 0 radical (unpaired) electrons. The largest absolute Gasteiger partial charge is 0.388 e. The predicted molar refractivity (Wildman–Crippen MR) is 82.0 cm³/mol. The highest BCUT2D eigenvalue weighted by Gasteiger charge is 2.27. The van der Waals surface area contributed by atoms with Crippen LogP contribution in [0.2, 0.25) is 0 Å². The van der Waals surface area contributed by atoms with Crippen LogP contribution in [0.15, 0.2) is 5.38 Å². The monoisotopic (exact) mass is 299 g/mol. The molecule has 0 aliphatic rings. The molecule has 2 atom stereocenters. The van der Waals surface area contributed by atoms with Crippen molar-refractivity contribution in [3.8, 4) is 0 Å². The molecule has 0 saturated carbocycles. The molecule has 0 aliphatic carbocycles. The van der Waals surface area contributed by atoms with Crippen molar-refractivity contribution < 1.29 is 9.90 Å². The zero-order valence-electron chi connectivity index (χ0n) is 12.7. The number of aryl methyl sites for hydroxylation is 1. The van der Waals surface area contributed by atoms with Crippen molar-refractivity contribution in [3.63, 3.8) is 0 Å². The van der Waals surface area contributed by atoms with E-state index in [-0.39, 0.29) is 18.5 Å². The highest BCUT2D eigenvalue weighted by atomic mass is 32.1. The summed E-state index contributed by atoms with van der Waals surface area (Å²) in [7, 11) is 0. The number of nitrogens with one attached hydrogen (secondary N) is 2. The molecule has 0 bridgehead atoms. The molecule has 6 heteroatoms. The summed E-state index contributed by atoms with van der Waals surface area (Å²) in [4.78, 5) is 16.0. The molecule has 0 fully saturated rings. The van der Waals surface area contributed by atoms with Gasteiger partial charge >= 0.3 is 6.03 Å². The number of nitrogens with zero attached hydrogens (tertiary/aromatic N) is 1. The van der Waals surface area contributed by atoms with Gasteiger partial charge in [-0.25, -0.2) is 9.78 Å². The van der Waals surface area contributed by atoms with Gasteiger partial charge in [0.25, 0.3) is 0 Å². The smallest absolute Gasteiger partial charge is 0.314 e. The Morgan fingerprint density at radius 3 is 2.80 bits per heavy atom. The first-order chi connectivity index (χ1) is 9.35. The van der Waals surface area contributed by atoms with Gasteiger partial charge in [-0.2, -0.15) is 0 Å². The number of hydrogen-bond acceptors (Lipinski definition) is 4. The summed E-state index contributed by atoms with van der Waals surface area (Å²) in [5, 5.41) is 18.7. The molecule has 114 valence electrons. The summed E-state index contributed by atoms with van der Waals surface area (Å²) in [6.07, 6.45) is 1.60. The molecule has 1 heterocycles.